The van der Waals surface area contributed by atoms with Gasteiger partial charge in [-0.15, -0.1) is 11.3 Å². The molecule has 2 aromatic carbocycles. The summed E-state index contributed by atoms with van der Waals surface area (Å²) in [4.78, 5) is 25.2. The lowest BCUT2D eigenvalue weighted by Crippen LogP contribution is -2.06. The van der Waals surface area contributed by atoms with Crippen molar-refractivity contribution in [2.24, 2.45) is 0 Å². The van der Waals surface area contributed by atoms with Crippen molar-refractivity contribution in [2.75, 3.05) is 6.61 Å². The van der Waals surface area contributed by atoms with E-state index in [0.29, 0.717) is 39.9 Å². The van der Waals surface area contributed by atoms with Crippen molar-refractivity contribution in [1.82, 2.24) is 0 Å². The molecule has 0 bridgehead atoms. The van der Waals surface area contributed by atoms with Crippen LogP contribution in [0.2, 0.25) is 0 Å². The minimum atomic E-state index is -0.413. The van der Waals surface area contributed by atoms with E-state index in [1.54, 1.807) is 60.7 Å². The van der Waals surface area contributed by atoms with Crippen LogP contribution in [0.5, 0.6) is 17.2 Å². The summed E-state index contributed by atoms with van der Waals surface area (Å²) < 4.78 is 16.6. The molecule has 3 aromatic rings. The maximum Gasteiger partial charge on any atom is 0.353 e. The van der Waals surface area contributed by atoms with Crippen molar-refractivity contribution in [3.8, 4) is 17.2 Å². The number of Topliss-reactive ketones (excluding diaryl/α,β-unsaturated/α-hetero) is 1. The number of rotatable bonds is 5. The molecule has 0 saturated carbocycles. The smallest absolute Gasteiger partial charge is 0.353 e. The fourth-order valence-electron chi connectivity index (χ4n) is 2.79. The molecule has 1 aliphatic heterocycles. The molecule has 0 spiro atoms. The van der Waals surface area contributed by atoms with Gasteiger partial charge >= 0.3 is 5.97 Å². The van der Waals surface area contributed by atoms with Crippen LogP contribution in [0.25, 0.3) is 6.08 Å². The number of ether oxygens (including phenoxy) is 3. The van der Waals surface area contributed by atoms with Gasteiger partial charge in [0.05, 0.1) is 12.2 Å². The lowest BCUT2D eigenvalue weighted by atomic mass is 10.1. The highest BCUT2D eigenvalue weighted by molar-refractivity contribution is 7.12. The van der Waals surface area contributed by atoms with Crippen molar-refractivity contribution in [3.63, 3.8) is 0 Å². The summed E-state index contributed by atoms with van der Waals surface area (Å²) in [7, 11) is 0. The Morgan fingerprint density at radius 2 is 2.00 bits per heavy atom. The second kappa shape index (κ2) is 7.70. The van der Waals surface area contributed by atoms with Crippen LogP contribution in [0.15, 0.2) is 65.7 Å². The van der Waals surface area contributed by atoms with E-state index in [0.717, 1.165) is 0 Å². The lowest BCUT2D eigenvalue weighted by Gasteiger charge is -2.05. The highest BCUT2D eigenvalue weighted by atomic mass is 32.1. The Morgan fingerprint density at radius 3 is 2.79 bits per heavy atom. The molecule has 28 heavy (non-hydrogen) atoms. The van der Waals surface area contributed by atoms with Crippen molar-refractivity contribution in [1.29, 1.82) is 0 Å². The Balaban J connectivity index is 1.54. The molecule has 0 saturated heterocycles. The van der Waals surface area contributed by atoms with E-state index in [1.165, 1.54) is 11.3 Å². The Kier molecular flexibility index (Phi) is 4.95. The van der Waals surface area contributed by atoms with Crippen molar-refractivity contribution in [2.45, 2.75) is 6.92 Å². The molecular formula is C22H16O5S. The van der Waals surface area contributed by atoms with E-state index in [2.05, 4.69) is 0 Å². The summed E-state index contributed by atoms with van der Waals surface area (Å²) in [5.41, 5.74) is 1.19. The van der Waals surface area contributed by atoms with Crippen LogP contribution < -0.4 is 14.2 Å². The summed E-state index contributed by atoms with van der Waals surface area (Å²) in [6.07, 6.45) is 1.63. The Hall–Kier alpha value is -3.38. The van der Waals surface area contributed by atoms with Crippen LogP contribution in [0.4, 0.5) is 0 Å². The summed E-state index contributed by atoms with van der Waals surface area (Å²) in [6.45, 7) is 2.43. The van der Waals surface area contributed by atoms with Gasteiger partial charge in [0, 0.05) is 6.07 Å². The average Bonchev–Trinajstić information content (AvgIpc) is 3.32. The molecule has 1 aliphatic rings. The van der Waals surface area contributed by atoms with Crippen LogP contribution in [-0.2, 0) is 0 Å². The van der Waals surface area contributed by atoms with Crippen molar-refractivity contribution >= 4 is 29.2 Å². The minimum absolute atomic E-state index is 0.195. The van der Waals surface area contributed by atoms with Crippen LogP contribution in [0, 0.1) is 0 Å². The fraction of sp³-hybridized carbons (Fsp3) is 0.0909. The van der Waals surface area contributed by atoms with Gasteiger partial charge in [-0.1, -0.05) is 18.2 Å². The predicted molar refractivity (Wildman–Crippen MR) is 106 cm³/mol. The molecule has 0 fully saturated rings. The van der Waals surface area contributed by atoms with E-state index >= 15 is 0 Å². The lowest BCUT2D eigenvalue weighted by molar-refractivity contribution is 0.0739. The second-order valence-electron chi connectivity index (χ2n) is 5.97. The first-order chi connectivity index (χ1) is 13.6. The molecule has 0 amide bonds. The summed E-state index contributed by atoms with van der Waals surface area (Å²) in [5.74, 6) is 1.13. The predicted octanol–water partition coefficient (Wildman–Crippen LogP) is 4.98. The number of carbonyl (C=O) groups is 2. The molecular weight excluding hydrogens is 376 g/mol. The molecule has 4 rings (SSSR count). The first kappa shape index (κ1) is 18.0. The van der Waals surface area contributed by atoms with Gasteiger partial charge in [0.15, 0.2) is 5.76 Å². The largest absolute Gasteiger partial charge is 0.494 e. The van der Waals surface area contributed by atoms with Gasteiger partial charge < -0.3 is 14.2 Å². The number of benzene rings is 2. The zero-order chi connectivity index (χ0) is 19.5. The van der Waals surface area contributed by atoms with Crippen LogP contribution in [-0.4, -0.2) is 18.4 Å². The molecule has 1 aromatic heterocycles. The number of allylic oxidation sites excluding steroid dienone is 1. The van der Waals surface area contributed by atoms with E-state index in [4.69, 9.17) is 14.2 Å². The van der Waals surface area contributed by atoms with Gasteiger partial charge in [-0.3, -0.25) is 4.79 Å². The maximum absolute atomic E-state index is 12.6. The maximum atomic E-state index is 12.6. The van der Waals surface area contributed by atoms with Crippen LogP contribution in [0.3, 0.4) is 0 Å². The van der Waals surface area contributed by atoms with E-state index in [9.17, 15) is 9.59 Å². The van der Waals surface area contributed by atoms with E-state index in [1.807, 2.05) is 12.3 Å². The number of hydrogen-bond donors (Lipinski definition) is 0. The Labute approximate surface area is 165 Å². The topological polar surface area (TPSA) is 61.8 Å². The number of fused-ring (bicyclic) bond motifs is 1. The molecule has 0 radical (unpaired) electrons. The van der Waals surface area contributed by atoms with Crippen LogP contribution in [0.1, 0.15) is 32.5 Å². The van der Waals surface area contributed by atoms with E-state index < -0.39 is 5.97 Å². The quantitative estimate of drug-likeness (QED) is 0.348. The number of hydrogen-bond acceptors (Lipinski definition) is 6. The Bertz CT molecular complexity index is 1070. The van der Waals surface area contributed by atoms with Crippen molar-refractivity contribution < 1.29 is 23.8 Å². The first-order valence-electron chi connectivity index (χ1n) is 8.71. The van der Waals surface area contributed by atoms with Gasteiger partial charge in [0.1, 0.15) is 22.1 Å². The van der Waals surface area contributed by atoms with Gasteiger partial charge in [-0.05, 0) is 54.3 Å². The third kappa shape index (κ3) is 3.68. The summed E-state index contributed by atoms with van der Waals surface area (Å²) in [5, 5.41) is 1.81. The average molecular weight is 392 g/mol. The minimum Gasteiger partial charge on any atom is -0.494 e. The third-order valence-electron chi connectivity index (χ3n) is 4.04. The molecule has 0 N–H and O–H groups in total. The number of thiophene rings is 1. The molecule has 6 heteroatoms. The highest BCUT2D eigenvalue weighted by Crippen LogP contribution is 2.35. The first-order valence-corrected chi connectivity index (χ1v) is 9.59. The number of carbonyl (C=O) groups excluding carboxylic acids is 2. The monoisotopic (exact) mass is 392 g/mol. The second-order valence-corrected chi connectivity index (χ2v) is 6.92. The molecule has 0 aliphatic carbocycles. The fourth-order valence-corrected chi connectivity index (χ4v) is 3.39. The van der Waals surface area contributed by atoms with Gasteiger partial charge in [-0.2, -0.15) is 0 Å². The molecule has 5 nitrogen and oxygen atoms in total. The molecule has 140 valence electrons. The molecule has 0 unspecified atom stereocenters. The third-order valence-corrected chi connectivity index (χ3v) is 4.89. The summed E-state index contributed by atoms with van der Waals surface area (Å²) >= 11 is 1.32. The van der Waals surface area contributed by atoms with Crippen LogP contribution >= 0.6 is 11.3 Å². The van der Waals surface area contributed by atoms with Gasteiger partial charge in [0.2, 0.25) is 5.78 Å². The zero-order valence-electron chi connectivity index (χ0n) is 15.0. The highest BCUT2D eigenvalue weighted by Gasteiger charge is 2.27. The Morgan fingerprint density at radius 1 is 1.11 bits per heavy atom. The zero-order valence-corrected chi connectivity index (χ0v) is 15.8. The van der Waals surface area contributed by atoms with Crippen molar-refractivity contribution in [3.05, 3.63) is 81.7 Å². The standard InChI is InChI=1S/C22H16O5S/c1-2-25-15-8-9-17-18(13-15)27-19(21(17)23)12-14-5-3-6-16(11-14)26-22(24)20-7-4-10-28-20/h3-13H,2H2,1H3/b19-12-. The number of ketones is 1. The normalized spacial score (nSPS) is 13.9. The molecule has 2 heterocycles. The van der Waals surface area contributed by atoms with Gasteiger partial charge in [-0.25, -0.2) is 4.79 Å². The molecule has 0 atom stereocenters. The SMILES string of the molecule is CCOc1ccc2c(c1)O/C(=C\c1cccc(OC(=O)c3cccs3)c1)C2=O. The number of esters is 1. The van der Waals surface area contributed by atoms with Gasteiger partial charge in [0.25, 0.3) is 0 Å². The summed E-state index contributed by atoms with van der Waals surface area (Å²) in [6, 6.07) is 15.6. The van der Waals surface area contributed by atoms with E-state index in [-0.39, 0.29) is 11.5 Å².